The molecule has 3 aliphatic rings. The minimum absolute atomic E-state index is 0.0126. The van der Waals surface area contributed by atoms with Crippen LogP contribution in [0.25, 0.3) is 11.3 Å². The van der Waals surface area contributed by atoms with E-state index >= 15 is 0 Å². The number of rotatable bonds is 5. The van der Waals surface area contributed by atoms with E-state index in [9.17, 15) is 33.6 Å². The Morgan fingerprint density at radius 2 is 1.83 bits per heavy atom. The quantitative estimate of drug-likeness (QED) is 0.295. The summed E-state index contributed by atoms with van der Waals surface area (Å²) in [6.45, 7) is 1.35. The van der Waals surface area contributed by atoms with Crippen molar-refractivity contribution in [2.75, 3.05) is 25.4 Å². The average Bonchev–Trinajstić information content (AvgIpc) is 3.27. The van der Waals surface area contributed by atoms with Gasteiger partial charge in [-0.15, -0.1) is 5.10 Å². The average molecular weight is 518 g/mol. The zero-order valence-corrected chi connectivity index (χ0v) is 19.6. The molecule has 2 aromatic rings. The molecule has 5 rings (SSSR count). The maximum Gasteiger partial charge on any atom is 0.194 e. The van der Waals surface area contributed by atoms with Crippen molar-refractivity contribution in [2.24, 2.45) is 0 Å². The number of halogens is 3. The first-order chi connectivity index (χ1) is 16.8. The largest absolute Gasteiger partial charge is 0.394 e. The fourth-order valence-electron chi connectivity index (χ4n) is 5.07. The minimum Gasteiger partial charge on any atom is -0.394 e. The van der Waals surface area contributed by atoms with E-state index < -0.39 is 64.7 Å². The van der Waals surface area contributed by atoms with Gasteiger partial charge in [-0.2, -0.15) is 0 Å². The second-order valence-corrected chi connectivity index (χ2v) is 11.7. The SMILES string of the molecule is OC[C@H]1O[C@@H]([SH]2C[C](O)CCC2N2CCC2)[C@H](O)[C@@H](n2cc(-c3cc(F)c(F)c(F)c3)nn2)[C@H]1O. The standard InChI is InChI=1S/C22H28F3N4O5S/c23-13-6-11(7-14(24)18(13)25)15-8-29(27-26-15)19-20(32)16(9-30)34-22(21(19)33)35-10-12(31)2-3-17(35)28-4-1-5-28/h6-8,16-17,19-22,30-33,35H,1-5,9-10H2/t16-,17?,19+,20+,21-,22+/m1/s1. The highest BCUT2D eigenvalue weighted by atomic mass is 32.2. The molecule has 4 heterocycles. The molecule has 193 valence electrons. The van der Waals surface area contributed by atoms with Gasteiger partial charge in [0, 0.05) is 29.8 Å². The summed E-state index contributed by atoms with van der Waals surface area (Å²) in [5, 5.41) is 50.4. The molecule has 0 bridgehead atoms. The maximum absolute atomic E-state index is 13.7. The smallest absolute Gasteiger partial charge is 0.194 e. The normalized spacial score (nSPS) is 35.7. The molecule has 13 heteroatoms. The summed E-state index contributed by atoms with van der Waals surface area (Å²) in [5.41, 5.74) is -0.816. The second kappa shape index (κ2) is 9.96. The number of thiol groups is 1. The Hall–Kier alpha value is -1.74. The minimum atomic E-state index is -1.60. The Bertz CT molecular complexity index is 1040. The van der Waals surface area contributed by atoms with Gasteiger partial charge in [-0.3, -0.25) is 4.90 Å². The maximum atomic E-state index is 13.7. The van der Waals surface area contributed by atoms with Crippen molar-refractivity contribution in [3.8, 4) is 11.3 Å². The van der Waals surface area contributed by atoms with Gasteiger partial charge in [0.15, 0.2) is 17.5 Å². The van der Waals surface area contributed by atoms with Crippen LogP contribution in [-0.2, 0) is 4.74 Å². The highest BCUT2D eigenvalue weighted by Gasteiger charge is 2.50. The number of benzene rings is 1. The molecule has 2 unspecified atom stereocenters. The predicted octanol–water partition coefficient (Wildman–Crippen LogP) is 1.07. The molecule has 7 atom stereocenters. The number of ether oxygens (including phenoxy) is 1. The third-order valence-corrected chi connectivity index (χ3v) is 10.2. The van der Waals surface area contributed by atoms with E-state index in [0.717, 1.165) is 38.1 Å². The van der Waals surface area contributed by atoms with Crippen LogP contribution in [0.4, 0.5) is 13.2 Å². The molecule has 3 saturated heterocycles. The molecule has 1 radical (unpaired) electrons. The van der Waals surface area contributed by atoms with Gasteiger partial charge in [0.2, 0.25) is 0 Å². The number of aliphatic hydroxyl groups excluding tert-OH is 4. The molecule has 0 amide bonds. The van der Waals surface area contributed by atoms with E-state index in [1.54, 1.807) is 0 Å². The third kappa shape index (κ3) is 4.59. The Morgan fingerprint density at radius 3 is 2.46 bits per heavy atom. The number of hydrogen-bond acceptors (Lipinski definition) is 8. The van der Waals surface area contributed by atoms with Crippen molar-refractivity contribution in [2.45, 2.75) is 54.4 Å². The van der Waals surface area contributed by atoms with E-state index in [4.69, 9.17) is 4.74 Å². The Kier molecular flexibility index (Phi) is 7.09. The lowest BCUT2D eigenvalue weighted by Crippen LogP contribution is -2.58. The fraction of sp³-hybridized carbons (Fsp3) is 0.591. The summed E-state index contributed by atoms with van der Waals surface area (Å²) >= 11 is 0. The first kappa shape index (κ1) is 24.9. The van der Waals surface area contributed by atoms with Crippen LogP contribution in [0.3, 0.4) is 0 Å². The molecule has 35 heavy (non-hydrogen) atoms. The second-order valence-electron chi connectivity index (χ2n) is 9.20. The molecular formula is C22H28F3N4O5S. The molecule has 4 N–H and O–H groups in total. The van der Waals surface area contributed by atoms with Crippen LogP contribution in [0, 0.1) is 23.6 Å². The van der Waals surface area contributed by atoms with Gasteiger partial charge in [-0.25, -0.2) is 28.7 Å². The van der Waals surface area contributed by atoms with Crippen LogP contribution < -0.4 is 0 Å². The molecule has 0 spiro atoms. The monoisotopic (exact) mass is 517 g/mol. The summed E-state index contributed by atoms with van der Waals surface area (Å²) < 4.78 is 48.0. The van der Waals surface area contributed by atoms with E-state index in [-0.39, 0.29) is 16.6 Å². The van der Waals surface area contributed by atoms with Crippen molar-refractivity contribution in [1.29, 1.82) is 0 Å². The summed E-state index contributed by atoms with van der Waals surface area (Å²) in [5.74, 6) is -3.98. The van der Waals surface area contributed by atoms with Gasteiger partial charge in [0.25, 0.3) is 0 Å². The lowest BCUT2D eigenvalue weighted by molar-refractivity contribution is -0.179. The number of aromatic nitrogens is 3. The van der Waals surface area contributed by atoms with Crippen molar-refractivity contribution < 1.29 is 38.3 Å². The highest BCUT2D eigenvalue weighted by molar-refractivity contribution is 8.18. The molecule has 9 nitrogen and oxygen atoms in total. The summed E-state index contributed by atoms with van der Waals surface area (Å²) in [6, 6.07) is 0.487. The summed E-state index contributed by atoms with van der Waals surface area (Å²) in [4.78, 5) is 2.31. The van der Waals surface area contributed by atoms with Gasteiger partial charge in [-0.1, -0.05) is 5.21 Å². The van der Waals surface area contributed by atoms with Crippen molar-refractivity contribution in [1.82, 2.24) is 19.9 Å². The topological polar surface area (TPSA) is 124 Å². The van der Waals surface area contributed by atoms with Crippen molar-refractivity contribution in [3.05, 3.63) is 41.9 Å². The summed E-state index contributed by atoms with van der Waals surface area (Å²) in [6.07, 6.45) is 0.389. The van der Waals surface area contributed by atoms with Gasteiger partial charge in [0.05, 0.1) is 12.8 Å². The first-order valence-corrected chi connectivity index (χ1v) is 13.2. The molecular weight excluding hydrogens is 489 g/mol. The predicted molar refractivity (Wildman–Crippen MR) is 120 cm³/mol. The number of nitrogens with zero attached hydrogens (tertiary/aromatic N) is 4. The molecule has 1 aromatic carbocycles. The number of likely N-dealkylation sites (tertiary alicyclic amines) is 1. The third-order valence-electron chi connectivity index (χ3n) is 7.04. The fourth-order valence-corrected chi connectivity index (χ4v) is 8.38. The lowest BCUT2D eigenvalue weighted by atomic mass is 9.97. The van der Waals surface area contributed by atoms with Gasteiger partial charge >= 0.3 is 0 Å². The highest BCUT2D eigenvalue weighted by Crippen LogP contribution is 2.52. The Labute approximate surface area is 202 Å². The van der Waals surface area contributed by atoms with Gasteiger partial charge in [-0.05, 0) is 31.4 Å². The van der Waals surface area contributed by atoms with Gasteiger partial charge in [0.1, 0.15) is 41.6 Å². The molecule has 1 aromatic heterocycles. The zero-order valence-electron chi connectivity index (χ0n) is 18.7. The van der Waals surface area contributed by atoms with Crippen LogP contribution in [0.2, 0.25) is 0 Å². The summed E-state index contributed by atoms with van der Waals surface area (Å²) in [7, 11) is -1.10. The lowest BCUT2D eigenvalue weighted by Gasteiger charge is -2.53. The molecule has 0 saturated carbocycles. The van der Waals surface area contributed by atoms with E-state index in [0.29, 0.717) is 18.3 Å². The van der Waals surface area contributed by atoms with E-state index in [2.05, 4.69) is 15.2 Å². The van der Waals surface area contributed by atoms with Gasteiger partial charge < -0.3 is 25.2 Å². The zero-order chi connectivity index (χ0) is 24.9. The van der Waals surface area contributed by atoms with Crippen LogP contribution in [0.15, 0.2) is 18.3 Å². The Morgan fingerprint density at radius 1 is 1.11 bits per heavy atom. The van der Waals surface area contributed by atoms with Crippen molar-refractivity contribution >= 4 is 10.9 Å². The molecule has 0 aliphatic carbocycles. The number of aliphatic hydroxyl groups is 4. The number of hydrogen-bond donors (Lipinski definition) is 5. The van der Waals surface area contributed by atoms with Crippen LogP contribution in [0.1, 0.15) is 25.3 Å². The van der Waals surface area contributed by atoms with Crippen LogP contribution in [-0.4, -0.2) is 94.9 Å². The van der Waals surface area contributed by atoms with Crippen LogP contribution >= 0.6 is 10.9 Å². The molecule has 3 aliphatic heterocycles. The van der Waals surface area contributed by atoms with E-state index in [1.807, 2.05) is 0 Å². The molecule has 3 fully saturated rings. The first-order valence-electron chi connectivity index (χ1n) is 11.5. The Balaban J connectivity index is 1.45. The van der Waals surface area contributed by atoms with E-state index in [1.165, 1.54) is 10.9 Å². The van der Waals surface area contributed by atoms with Crippen molar-refractivity contribution in [3.63, 3.8) is 0 Å². The van der Waals surface area contributed by atoms with Crippen LogP contribution in [0.5, 0.6) is 0 Å².